The maximum Gasteiger partial charge on any atom is 0.151 e. The zero-order valence-corrected chi connectivity index (χ0v) is 8.96. The molecule has 3 nitrogen and oxygen atoms in total. The topological polar surface area (TPSA) is 37.8 Å². The average Bonchev–Trinajstić information content (AvgIpc) is 2.93. The first kappa shape index (κ1) is 9.71. The highest BCUT2D eigenvalue weighted by Crippen LogP contribution is 2.33. The molecule has 1 aromatic heterocycles. The second kappa shape index (κ2) is 4.13. The number of aromatic nitrogens is 2. The Morgan fingerprint density at radius 2 is 2.29 bits per heavy atom. The van der Waals surface area contributed by atoms with Crippen LogP contribution in [0.5, 0.6) is 0 Å². The normalized spacial score (nSPS) is 17.9. The first-order valence-electron chi connectivity index (χ1n) is 5.00. The third-order valence-corrected chi connectivity index (χ3v) is 2.61. The summed E-state index contributed by atoms with van der Waals surface area (Å²) in [6.07, 6.45) is 4.00. The van der Waals surface area contributed by atoms with Crippen LogP contribution in [0.1, 0.15) is 26.2 Å². The summed E-state index contributed by atoms with van der Waals surface area (Å²) in [6.45, 7) is 2.18. The Hall–Kier alpha value is -0.830. The molecule has 1 aliphatic rings. The molecule has 1 saturated carbocycles. The van der Waals surface area contributed by atoms with Crippen molar-refractivity contribution in [3.63, 3.8) is 0 Å². The molecule has 0 spiro atoms. The maximum atomic E-state index is 5.64. The molecule has 4 heteroatoms. The van der Waals surface area contributed by atoms with E-state index in [9.17, 15) is 0 Å². The lowest BCUT2D eigenvalue weighted by atomic mass is 10.1. The molecule has 1 N–H and O–H groups in total. The fourth-order valence-corrected chi connectivity index (χ4v) is 1.66. The predicted molar refractivity (Wildman–Crippen MR) is 57.5 cm³/mol. The molecule has 0 amide bonds. The van der Waals surface area contributed by atoms with Crippen LogP contribution in [-0.4, -0.2) is 16.2 Å². The standard InChI is InChI=1S/C10H14ClN3/c1-7(6-8-2-3-8)12-10-5-4-9(11)13-14-10/h4-5,7-8H,2-3,6H2,1H3,(H,12,14). The smallest absolute Gasteiger partial charge is 0.151 e. The Labute approximate surface area is 88.9 Å². The Balaban J connectivity index is 1.85. The van der Waals surface area contributed by atoms with Crippen molar-refractivity contribution in [2.75, 3.05) is 5.32 Å². The zero-order valence-electron chi connectivity index (χ0n) is 8.20. The number of hydrogen-bond donors (Lipinski definition) is 1. The van der Waals surface area contributed by atoms with Gasteiger partial charge in [-0.1, -0.05) is 24.4 Å². The largest absolute Gasteiger partial charge is 0.366 e. The van der Waals surface area contributed by atoms with Crippen LogP contribution in [0.15, 0.2) is 12.1 Å². The van der Waals surface area contributed by atoms with Crippen molar-refractivity contribution in [3.05, 3.63) is 17.3 Å². The second-order valence-electron chi connectivity index (χ2n) is 3.97. The summed E-state index contributed by atoms with van der Waals surface area (Å²) in [7, 11) is 0. The van der Waals surface area contributed by atoms with E-state index in [0.29, 0.717) is 11.2 Å². The highest BCUT2D eigenvalue weighted by molar-refractivity contribution is 6.29. The highest BCUT2D eigenvalue weighted by atomic mass is 35.5. The van der Waals surface area contributed by atoms with Gasteiger partial charge in [0.2, 0.25) is 0 Å². The Morgan fingerprint density at radius 1 is 1.50 bits per heavy atom. The molecular formula is C10H14ClN3. The molecule has 1 heterocycles. The Kier molecular flexibility index (Phi) is 2.87. The van der Waals surface area contributed by atoms with Crippen LogP contribution in [0.4, 0.5) is 5.82 Å². The summed E-state index contributed by atoms with van der Waals surface area (Å²) in [5.41, 5.74) is 0. The molecule has 1 unspecified atom stereocenters. The van der Waals surface area contributed by atoms with Gasteiger partial charge in [0.1, 0.15) is 5.82 Å². The minimum absolute atomic E-state index is 0.436. The fourth-order valence-electron chi connectivity index (χ4n) is 1.56. The van der Waals surface area contributed by atoms with Gasteiger partial charge in [-0.05, 0) is 31.4 Å². The van der Waals surface area contributed by atoms with Crippen LogP contribution in [0.25, 0.3) is 0 Å². The SMILES string of the molecule is CC(CC1CC1)Nc1ccc(Cl)nn1. The van der Waals surface area contributed by atoms with Gasteiger partial charge < -0.3 is 5.32 Å². The van der Waals surface area contributed by atoms with Gasteiger partial charge in [-0.3, -0.25) is 0 Å². The number of nitrogens with zero attached hydrogens (tertiary/aromatic N) is 2. The summed E-state index contributed by atoms with van der Waals surface area (Å²) in [6, 6.07) is 4.08. The molecule has 0 saturated heterocycles. The van der Waals surface area contributed by atoms with Crippen LogP contribution in [0.2, 0.25) is 5.15 Å². The number of anilines is 1. The fraction of sp³-hybridized carbons (Fsp3) is 0.600. The second-order valence-corrected chi connectivity index (χ2v) is 4.35. The molecule has 0 bridgehead atoms. The van der Waals surface area contributed by atoms with Gasteiger partial charge in [-0.15, -0.1) is 10.2 Å². The molecule has 0 aliphatic heterocycles. The summed E-state index contributed by atoms with van der Waals surface area (Å²) in [4.78, 5) is 0. The summed E-state index contributed by atoms with van der Waals surface area (Å²) < 4.78 is 0. The van der Waals surface area contributed by atoms with Crippen molar-refractivity contribution >= 4 is 17.4 Å². The molecule has 0 aromatic carbocycles. The van der Waals surface area contributed by atoms with E-state index in [4.69, 9.17) is 11.6 Å². The van der Waals surface area contributed by atoms with Crippen LogP contribution in [0, 0.1) is 5.92 Å². The lowest BCUT2D eigenvalue weighted by Crippen LogP contribution is -2.16. The summed E-state index contributed by atoms with van der Waals surface area (Å²) >= 11 is 5.64. The van der Waals surface area contributed by atoms with Gasteiger partial charge >= 0.3 is 0 Å². The van der Waals surface area contributed by atoms with E-state index < -0.39 is 0 Å². The number of hydrogen-bond acceptors (Lipinski definition) is 3. The number of halogens is 1. The molecule has 0 radical (unpaired) electrons. The zero-order chi connectivity index (χ0) is 9.97. The van der Waals surface area contributed by atoms with E-state index in [1.807, 2.05) is 6.07 Å². The molecule has 1 aliphatic carbocycles. The number of rotatable bonds is 4. The minimum atomic E-state index is 0.436. The highest BCUT2D eigenvalue weighted by Gasteiger charge is 2.23. The van der Waals surface area contributed by atoms with Crippen molar-refractivity contribution in [2.24, 2.45) is 5.92 Å². The van der Waals surface area contributed by atoms with Gasteiger partial charge in [-0.25, -0.2) is 0 Å². The van der Waals surface area contributed by atoms with E-state index >= 15 is 0 Å². The molecule has 2 rings (SSSR count). The van der Waals surface area contributed by atoms with E-state index in [-0.39, 0.29) is 0 Å². The van der Waals surface area contributed by atoms with Gasteiger partial charge in [0, 0.05) is 6.04 Å². The monoisotopic (exact) mass is 211 g/mol. The number of nitrogens with one attached hydrogen (secondary N) is 1. The Bertz CT molecular complexity index is 295. The van der Waals surface area contributed by atoms with Crippen LogP contribution < -0.4 is 5.32 Å². The third-order valence-electron chi connectivity index (χ3n) is 2.41. The van der Waals surface area contributed by atoms with Gasteiger partial charge in [0.05, 0.1) is 0 Å². The lowest BCUT2D eigenvalue weighted by molar-refractivity contribution is 0.639. The van der Waals surface area contributed by atoms with Gasteiger partial charge in [0.15, 0.2) is 5.15 Å². The molecular weight excluding hydrogens is 198 g/mol. The molecule has 1 fully saturated rings. The van der Waals surface area contributed by atoms with Gasteiger partial charge in [-0.2, -0.15) is 0 Å². The average molecular weight is 212 g/mol. The van der Waals surface area contributed by atoms with Gasteiger partial charge in [0.25, 0.3) is 0 Å². The lowest BCUT2D eigenvalue weighted by Gasteiger charge is -2.12. The molecule has 1 atom stereocenters. The minimum Gasteiger partial charge on any atom is -0.366 e. The quantitative estimate of drug-likeness (QED) is 0.832. The van der Waals surface area contributed by atoms with E-state index in [1.54, 1.807) is 6.07 Å². The van der Waals surface area contributed by atoms with Crippen molar-refractivity contribution in [2.45, 2.75) is 32.2 Å². The van der Waals surface area contributed by atoms with Crippen LogP contribution in [-0.2, 0) is 0 Å². The summed E-state index contributed by atoms with van der Waals surface area (Å²) in [5, 5.41) is 11.5. The van der Waals surface area contributed by atoms with E-state index in [0.717, 1.165) is 11.7 Å². The molecule has 14 heavy (non-hydrogen) atoms. The van der Waals surface area contributed by atoms with E-state index in [1.165, 1.54) is 19.3 Å². The predicted octanol–water partition coefficient (Wildman–Crippen LogP) is 2.73. The van der Waals surface area contributed by atoms with Crippen molar-refractivity contribution in [1.82, 2.24) is 10.2 Å². The van der Waals surface area contributed by atoms with Crippen molar-refractivity contribution in [1.29, 1.82) is 0 Å². The maximum absolute atomic E-state index is 5.64. The Morgan fingerprint density at radius 3 is 2.86 bits per heavy atom. The molecule has 1 aromatic rings. The summed E-state index contributed by atoms with van der Waals surface area (Å²) in [5.74, 6) is 1.74. The first-order chi connectivity index (χ1) is 6.74. The molecule has 76 valence electrons. The van der Waals surface area contributed by atoms with Crippen molar-refractivity contribution in [3.8, 4) is 0 Å². The van der Waals surface area contributed by atoms with Crippen molar-refractivity contribution < 1.29 is 0 Å². The first-order valence-corrected chi connectivity index (χ1v) is 5.37. The van der Waals surface area contributed by atoms with E-state index in [2.05, 4.69) is 22.4 Å². The van der Waals surface area contributed by atoms with Crippen LogP contribution >= 0.6 is 11.6 Å². The third kappa shape index (κ3) is 2.84. The van der Waals surface area contributed by atoms with Crippen LogP contribution in [0.3, 0.4) is 0 Å².